The highest BCUT2D eigenvalue weighted by Crippen LogP contribution is 2.48. The lowest BCUT2D eigenvalue weighted by Gasteiger charge is -2.07. The van der Waals surface area contributed by atoms with Gasteiger partial charge < -0.3 is 0 Å². The quantitative estimate of drug-likeness (QED) is 0.613. The first-order valence-corrected chi connectivity index (χ1v) is 6.03. The van der Waals surface area contributed by atoms with Crippen molar-refractivity contribution in [3.8, 4) is 11.1 Å². The van der Waals surface area contributed by atoms with Gasteiger partial charge in [-0.15, -0.1) is 0 Å². The molecule has 2 aromatic carbocycles. The minimum Gasteiger partial charge on any atom is -0.0786 e. The zero-order valence-corrected chi connectivity index (χ0v) is 10.1. The Balaban J connectivity index is 2.37. The Bertz CT molecular complexity index is 529. The maximum Gasteiger partial charge on any atom is 0.0659 e. The van der Waals surface area contributed by atoms with Crippen LogP contribution in [0.15, 0.2) is 42.5 Å². The molecule has 3 rings (SSSR count). The van der Waals surface area contributed by atoms with Gasteiger partial charge in [-0.2, -0.15) is 0 Å². The van der Waals surface area contributed by atoms with Gasteiger partial charge in [0.15, 0.2) is 0 Å². The second kappa shape index (κ2) is 3.21. The summed E-state index contributed by atoms with van der Waals surface area (Å²) < 4.78 is 0. The molecule has 0 fully saturated rings. The molecule has 1 atom stereocenters. The summed E-state index contributed by atoms with van der Waals surface area (Å²) >= 11 is 3.79. The molecule has 0 aromatic heterocycles. The standard InChI is InChI=1S/C14H11Br/c1-9-5-4-8-11-10-6-2-3-7-12(10)14(15)13(9)11/h2-8,14H,1H3/t14-/m0/s1. The average Bonchev–Trinajstić information content (AvgIpc) is 2.55. The number of alkyl halides is 1. The molecule has 15 heavy (non-hydrogen) atoms. The van der Waals surface area contributed by atoms with E-state index in [-0.39, 0.29) is 0 Å². The summed E-state index contributed by atoms with van der Waals surface area (Å²) in [5.74, 6) is 0. The molecule has 0 spiro atoms. The van der Waals surface area contributed by atoms with E-state index < -0.39 is 0 Å². The normalized spacial score (nSPS) is 17.3. The molecule has 0 amide bonds. The van der Waals surface area contributed by atoms with E-state index in [4.69, 9.17) is 0 Å². The maximum atomic E-state index is 3.79. The van der Waals surface area contributed by atoms with Crippen LogP contribution in [-0.2, 0) is 0 Å². The summed E-state index contributed by atoms with van der Waals surface area (Å²) in [6.45, 7) is 2.18. The van der Waals surface area contributed by atoms with E-state index in [0.29, 0.717) is 4.83 Å². The van der Waals surface area contributed by atoms with Gasteiger partial charge in [-0.1, -0.05) is 58.4 Å². The molecule has 1 aliphatic carbocycles. The van der Waals surface area contributed by atoms with E-state index in [0.717, 1.165) is 0 Å². The molecule has 1 heteroatoms. The maximum absolute atomic E-state index is 3.79. The van der Waals surface area contributed by atoms with Crippen molar-refractivity contribution in [2.24, 2.45) is 0 Å². The Kier molecular flexibility index (Phi) is 1.96. The third-order valence-corrected chi connectivity index (χ3v) is 4.05. The van der Waals surface area contributed by atoms with Gasteiger partial charge >= 0.3 is 0 Å². The van der Waals surface area contributed by atoms with Crippen LogP contribution in [0, 0.1) is 6.92 Å². The lowest BCUT2D eigenvalue weighted by molar-refractivity contribution is 1.20. The summed E-state index contributed by atoms with van der Waals surface area (Å²) in [5.41, 5.74) is 6.94. The summed E-state index contributed by atoms with van der Waals surface area (Å²) in [6, 6.07) is 15.1. The van der Waals surface area contributed by atoms with E-state index in [9.17, 15) is 0 Å². The zero-order chi connectivity index (χ0) is 10.4. The molecular weight excluding hydrogens is 248 g/mol. The molecule has 2 aromatic rings. The third kappa shape index (κ3) is 1.19. The highest BCUT2D eigenvalue weighted by Gasteiger charge is 2.26. The number of rotatable bonds is 0. The fourth-order valence-corrected chi connectivity index (χ4v) is 3.38. The number of aryl methyl sites for hydroxylation is 1. The van der Waals surface area contributed by atoms with Crippen LogP contribution in [0.2, 0.25) is 0 Å². The van der Waals surface area contributed by atoms with Gasteiger partial charge in [0.05, 0.1) is 4.83 Å². The molecule has 0 radical (unpaired) electrons. The fraction of sp³-hybridized carbons (Fsp3) is 0.143. The van der Waals surface area contributed by atoms with Gasteiger partial charge in [-0.05, 0) is 34.7 Å². The monoisotopic (exact) mass is 258 g/mol. The van der Waals surface area contributed by atoms with Crippen LogP contribution in [0.4, 0.5) is 0 Å². The predicted octanol–water partition coefficient (Wildman–Crippen LogP) is 4.46. The first-order chi connectivity index (χ1) is 7.29. The largest absolute Gasteiger partial charge is 0.0786 e. The summed E-state index contributed by atoms with van der Waals surface area (Å²) in [7, 11) is 0. The van der Waals surface area contributed by atoms with Gasteiger partial charge in [-0.25, -0.2) is 0 Å². The first kappa shape index (κ1) is 9.17. The van der Waals surface area contributed by atoms with Crippen molar-refractivity contribution in [1.29, 1.82) is 0 Å². The van der Waals surface area contributed by atoms with E-state index >= 15 is 0 Å². The van der Waals surface area contributed by atoms with Crippen LogP contribution in [-0.4, -0.2) is 0 Å². The number of benzene rings is 2. The first-order valence-electron chi connectivity index (χ1n) is 5.12. The van der Waals surface area contributed by atoms with Crippen molar-refractivity contribution in [1.82, 2.24) is 0 Å². The van der Waals surface area contributed by atoms with Crippen molar-refractivity contribution < 1.29 is 0 Å². The highest BCUT2D eigenvalue weighted by molar-refractivity contribution is 9.09. The third-order valence-electron chi connectivity index (χ3n) is 3.10. The molecule has 0 bridgehead atoms. The Morgan fingerprint density at radius 1 is 0.933 bits per heavy atom. The van der Waals surface area contributed by atoms with Crippen LogP contribution in [0.3, 0.4) is 0 Å². The molecule has 0 aliphatic heterocycles. The molecule has 74 valence electrons. The molecular formula is C14H11Br. The molecule has 0 heterocycles. The molecule has 0 saturated carbocycles. The Labute approximate surface area is 98.1 Å². The molecule has 1 aliphatic rings. The van der Waals surface area contributed by atoms with Crippen molar-refractivity contribution in [3.05, 3.63) is 59.2 Å². The van der Waals surface area contributed by atoms with Gasteiger partial charge in [-0.3, -0.25) is 0 Å². The SMILES string of the molecule is Cc1cccc2c1[C@@H](Br)c1ccccc1-2. The number of halogens is 1. The minimum atomic E-state index is 0.366. The fourth-order valence-electron chi connectivity index (χ4n) is 2.37. The van der Waals surface area contributed by atoms with Gasteiger partial charge in [0, 0.05) is 0 Å². The van der Waals surface area contributed by atoms with Crippen molar-refractivity contribution in [3.63, 3.8) is 0 Å². The smallest absolute Gasteiger partial charge is 0.0659 e. The van der Waals surface area contributed by atoms with Crippen molar-refractivity contribution in [2.75, 3.05) is 0 Å². The van der Waals surface area contributed by atoms with E-state index in [1.807, 2.05) is 0 Å². The lowest BCUT2D eigenvalue weighted by atomic mass is 10.0. The zero-order valence-electron chi connectivity index (χ0n) is 8.50. The molecule has 0 N–H and O–H groups in total. The Morgan fingerprint density at radius 3 is 2.53 bits per heavy atom. The van der Waals surface area contributed by atoms with Crippen LogP contribution >= 0.6 is 15.9 Å². The predicted molar refractivity (Wildman–Crippen MR) is 67.4 cm³/mol. The lowest BCUT2D eigenvalue weighted by Crippen LogP contribution is -1.88. The summed E-state index contributed by atoms with van der Waals surface area (Å²) in [6.07, 6.45) is 0. The number of hydrogen-bond acceptors (Lipinski definition) is 0. The van der Waals surface area contributed by atoms with Gasteiger partial charge in [0.2, 0.25) is 0 Å². The highest BCUT2D eigenvalue weighted by atomic mass is 79.9. The Hall–Kier alpha value is -1.08. The van der Waals surface area contributed by atoms with Crippen molar-refractivity contribution in [2.45, 2.75) is 11.8 Å². The topological polar surface area (TPSA) is 0 Å². The van der Waals surface area contributed by atoms with Gasteiger partial charge in [0.25, 0.3) is 0 Å². The summed E-state index contributed by atoms with van der Waals surface area (Å²) in [5, 5.41) is 0. The van der Waals surface area contributed by atoms with E-state index in [2.05, 4.69) is 65.3 Å². The van der Waals surface area contributed by atoms with Crippen LogP contribution in [0.25, 0.3) is 11.1 Å². The average molecular weight is 259 g/mol. The van der Waals surface area contributed by atoms with E-state index in [1.54, 1.807) is 0 Å². The van der Waals surface area contributed by atoms with E-state index in [1.165, 1.54) is 27.8 Å². The molecule has 0 saturated heterocycles. The summed E-state index contributed by atoms with van der Waals surface area (Å²) in [4.78, 5) is 0.366. The molecule has 0 nitrogen and oxygen atoms in total. The van der Waals surface area contributed by atoms with Crippen LogP contribution < -0.4 is 0 Å². The molecule has 0 unspecified atom stereocenters. The van der Waals surface area contributed by atoms with Crippen LogP contribution in [0.1, 0.15) is 21.5 Å². The number of fused-ring (bicyclic) bond motifs is 3. The minimum absolute atomic E-state index is 0.366. The van der Waals surface area contributed by atoms with Crippen molar-refractivity contribution >= 4 is 15.9 Å². The van der Waals surface area contributed by atoms with Gasteiger partial charge in [0.1, 0.15) is 0 Å². The second-order valence-electron chi connectivity index (χ2n) is 3.99. The number of hydrogen-bond donors (Lipinski definition) is 0. The Morgan fingerprint density at radius 2 is 1.67 bits per heavy atom. The van der Waals surface area contributed by atoms with Crippen LogP contribution in [0.5, 0.6) is 0 Å². The second-order valence-corrected chi connectivity index (χ2v) is 4.90.